The second-order valence-corrected chi connectivity index (χ2v) is 6.08. The van der Waals surface area contributed by atoms with Gasteiger partial charge in [-0.15, -0.1) is 0 Å². The van der Waals surface area contributed by atoms with Crippen LogP contribution >= 0.6 is 0 Å². The standard InChI is InChI=1S/C14H29N3/c1-16(2)13-7-9-17(10-8-13)14(11-15)12-5-3-4-6-12/h12-14H,3-11,15H2,1-2H3. The number of nitrogens with two attached hydrogens (primary N) is 1. The zero-order valence-corrected chi connectivity index (χ0v) is 11.6. The van der Waals surface area contributed by atoms with Crippen LogP contribution in [0.2, 0.25) is 0 Å². The summed E-state index contributed by atoms with van der Waals surface area (Å²) in [5.74, 6) is 0.885. The molecule has 1 heterocycles. The second-order valence-electron chi connectivity index (χ2n) is 6.08. The molecule has 1 atom stereocenters. The Bertz CT molecular complexity index is 216. The van der Waals surface area contributed by atoms with Crippen molar-refractivity contribution in [2.24, 2.45) is 11.7 Å². The molecule has 0 aromatic heterocycles. The van der Waals surface area contributed by atoms with Crippen molar-refractivity contribution in [3.8, 4) is 0 Å². The average molecular weight is 239 g/mol. The van der Waals surface area contributed by atoms with Gasteiger partial charge in [0.15, 0.2) is 0 Å². The van der Waals surface area contributed by atoms with Gasteiger partial charge in [-0.05, 0) is 58.8 Å². The Labute approximate surface area is 106 Å². The average Bonchev–Trinajstić information content (AvgIpc) is 2.84. The molecule has 3 heteroatoms. The van der Waals surface area contributed by atoms with E-state index >= 15 is 0 Å². The summed E-state index contributed by atoms with van der Waals surface area (Å²) in [5, 5.41) is 0. The highest BCUT2D eigenvalue weighted by atomic mass is 15.2. The zero-order valence-electron chi connectivity index (χ0n) is 11.6. The fraction of sp³-hybridized carbons (Fsp3) is 1.00. The Balaban J connectivity index is 1.85. The molecule has 0 aromatic carbocycles. The molecule has 100 valence electrons. The molecular formula is C14H29N3. The normalized spacial score (nSPS) is 26.8. The molecule has 1 saturated carbocycles. The minimum atomic E-state index is 0.667. The predicted octanol–water partition coefficient (Wildman–Crippen LogP) is 1.53. The lowest BCUT2D eigenvalue weighted by atomic mass is 9.93. The van der Waals surface area contributed by atoms with Crippen LogP contribution in [0.1, 0.15) is 38.5 Å². The molecule has 1 aliphatic heterocycles. The van der Waals surface area contributed by atoms with Crippen LogP contribution in [-0.2, 0) is 0 Å². The van der Waals surface area contributed by atoms with Crippen LogP contribution < -0.4 is 5.73 Å². The highest BCUT2D eigenvalue weighted by molar-refractivity contribution is 4.87. The van der Waals surface area contributed by atoms with Crippen molar-refractivity contribution in [1.29, 1.82) is 0 Å². The summed E-state index contributed by atoms with van der Waals surface area (Å²) in [6.07, 6.45) is 8.31. The fourth-order valence-electron chi connectivity index (χ4n) is 3.72. The first-order chi connectivity index (χ1) is 8.22. The van der Waals surface area contributed by atoms with Gasteiger partial charge in [0.1, 0.15) is 0 Å². The van der Waals surface area contributed by atoms with E-state index in [1.165, 1.54) is 51.6 Å². The summed E-state index contributed by atoms with van der Waals surface area (Å²) in [4.78, 5) is 5.06. The lowest BCUT2D eigenvalue weighted by Gasteiger charge is -2.41. The predicted molar refractivity (Wildman–Crippen MR) is 73.1 cm³/mol. The van der Waals surface area contributed by atoms with Gasteiger partial charge in [0.2, 0.25) is 0 Å². The van der Waals surface area contributed by atoms with Crippen LogP contribution in [0.5, 0.6) is 0 Å². The lowest BCUT2D eigenvalue weighted by Crippen LogP contribution is -2.51. The van der Waals surface area contributed by atoms with Gasteiger partial charge < -0.3 is 10.6 Å². The van der Waals surface area contributed by atoms with E-state index in [0.717, 1.165) is 18.5 Å². The van der Waals surface area contributed by atoms with Gasteiger partial charge >= 0.3 is 0 Å². The van der Waals surface area contributed by atoms with Gasteiger partial charge in [0.25, 0.3) is 0 Å². The third-order valence-electron chi connectivity index (χ3n) is 4.88. The summed E-state index contributed by atoms with van der Waals surface area (Å²) < 4.78 is 0. The molecular weight excluding hydrogens is 210 g/mol. The van der Waals surface area contributed by atoms with Crippen LogP contribution in [0.3, 0.4) is 0 Å². The van der Waals surface area contributed by atoms with Crippen LogP contribution in [0.15, 0.2) is 0 Å². The Hall–Kier alpha value is -0.120. The lowest BCUT2D eigenvalue weighted by molar-refractivity contribution is 0.0840. The van der Waals surface area contributed by atoms with E-state index in [1.807, 2.05) is 0 Å². The summed E-state index contributed by atoms with van der Waals surface area (Å²) >= 11 is 0. The van der Waals surface area contributed by atoms with E-state index in [1.54, 1.807) is 0 Å². The third kappa shape index (κ3) is 3.21. The molecule has 1 unspecified atom stereocenters. The van der Waals surface area contributed by atoms with Crippen molar-refractivity contribution in [2.75, 3.05) is 33.7 Å². The maximum atomic E-state index is 6.03. The van der Waals surface area contributed by atoms with Crippen molar-refractivity contribution < 1.29 is 0 Å². The molecule has 2 rings (SSSR count). The van der Waals surface area contributed by atoms with E-state index in [2.05, 4.69) is 23.9 Å². The van der Waals surface area contributed by atoms with Gasteiger partial charge in [-0.25, -0.2) is 0 Å². The zero-order chi connectivity index (χ0) is 12.3. The molecule has 1 aliphatic carbocycles. The fourth-order valence-corrected chi connectivity index (χ4v) is 3.72. The molecule has 3 nitrogen and oxygen atoms in total. The van der Waals surface area contributed by atoms with Crippen molar-refractivity contribution in [2.45, 2.75) is 50.6 Å². The summed E-state index contributed by atoms with van der Waals surface area (Å²) in [6, 6.07) is 1.45. The number of nitrogens with zero attached hydrogens (tertiary/aromatic N) is 2. The molecule has 0 aromatic rings. The van der Waals surface area contributed by atoms with E-state index in [4.69, 9.17) is 5.73 Å². The SMILES string of the molecule is CN(C)C1CCN(C(CN)C2CCCC2)CC1. The molecule has 0 bridgehead atoms. The van der Waals surface area contributed by atoms with E-state index in [0.29, 0.717) is 6.04 Å². The summed E-state index contributed by atoms with van der Waals surface area (Å²) in [7, 11) is 4.41. The van der Waals surface area contributed by atoms with Crippen LogP contribution in [0.4, 0.5) is 0 Å². The second kappa shape index (κ2) is 6.17. The topological polar surface area (TPSA) is 32.5 Å². The van der Waals surface area contributed by atoms with Gasteiger partial charge in [-0.3, -0.25) is 4.90 Å². The Kier molecular flexibility index (Phi) is 4.83. The van der Waals surface area contributed by atoms with Crippen LogP contribution in [-0.4, -0.2) is 55.6 Å². The minimum absolute atomic E-state index is 0.667. The van der Waals surface area contributed by atoms with Gasteiger partial charge in [-0.2, -0.15) is 0 Å². The molecule has 17 heavy (non-hydrogen) atoms. The van der Waals surface area contributed by atoms with Gasteiger partial charge in [-0.1, -0.05) is 12.8 Å². The van der Waals surface area contributed by atoms with E-state index in [-0.39, 0.29) is 0 Å². The Morgan fingerprint density at radius 3 is 2.18 bits per heavy atom. The number of hydrogen-bond acceptors (Lipinski definition) is 3. The maximum absolute atomic E-state index is 6.03. The summed E-state index contributed by atoms with van der Waals surface area (Å²) in [5.41, 5.74) is 6.03. The molecule has 1 saturated heterocycles. The summed E-state index contributed by atoms with van der Waals surface area (Å²) in [6.45, 7) is 3.36. The van der Waals surface area contributed by atoms with Crippen molar-refractivity contribution in [1.82, 2.24) is 9.80 Å². The smallest absolute Gasteiger partial charge is 0.0246 e. The highest BCUT2D eigenvalue weighted by Gasteiger charge is 2.31. The van der Waals surface area contributed by atoms with Crippen molar-refractivity contribution in [3.63, 3.8) is 0 Å². The molecule has 2 N–H and O–H groups in total. The number of rotatable bonds is 4. The molecule has 2 fully saturated rings. The van der Waals surface area contributed by atoms with Gasteiger partial charge in [0, 0.05) is 18.6 Å². The molecule has 0 radical (unpaired) electrons. The number of piperidine rings is 1. The maximum Gasteiger partial charge on any atom is 0.0246 e. The first kappa shape index (κ1) is 13.3. The van der Waals surface area contributed by atoms with E-state index < -0.39 is 0 Å². The molecule has 0 amide bonds. The first-order valence-corrected chi connectivity index (χ1v) is 7.33. The molecule has 0 spiro atoms. The molecule has 2 aliphatic rings. The number of hydrogen-bond donors (Lipinski definition) is 1. The van der Waals surface area contributed by atoms with Gasteiger partial charge in [0.05, 0.1) is 0 Å². The third-order valence-corrected chi connectivity index (χ3v) is 4.88. The monoisotopic (exact) mass is 239 g/mol. The van der Waals surface area contributed by atoms with Crippen LogP contribution in [0.25, 0.3) is 0 Å². The largest absolute Gasteiger partial charge is 0.329 e. The van der Waals surface area contributed by atoms with Crippen molar-refractivity contribution in [3.05, 3.63) is 0 Å². The minimum Gasteiger partial charge on any atom is -0.329 e. The van der Waals surface area contributed by atoms with E-state index in [9.17, 15) is 0 Å². The first-order valence-electron chi connectivity index (χ1n) is 7.33. The highest BCUT2D eigenvalue weighted by Crippen LogP contribution is 2.31. The quantitative estimate of drug-likeness (QED) is 0.807. The Morgan fingerprint density at radius 2 is 1.71 bits per heavy atom. The number of likely N-dealkylation sites (tertiary alicyclic amines) is 1. The Morgan fingerprint density at radius 1 is 1.12 bits per heavy atom. The van der Waals surface area contributed by atoms with Crippen LogP contribution in [0, 0.1) is 5.92 Å². The van der Waals surface area contributed by atoms with Crippen molar-refractivity contribution >= 4 is 0 Å².